The second-order valence-corrected chi connectivity index (χ2v) is 13.4. The number of carbonyl (C=O) groups excluding carboxylic acids is 2. The summed E-state index contributed by atoms with van der Waals surface area (Å²) in [6, 6.07) is 0. The summed E-state index contributed by atoms with van der Waals surface area (Å²) >= 11 is 0. The van der Waals surface area contributed by atoms with Crippen molar-refractivity contribution in [2.75, 3.05) is 18.5 Å². The van der Waals surface area contributed by atoms with E-state index in [0.717, 1.165) is 48.2 Å². The summed E-state index contributed by atoms with van der Waals surface area (Å²) in [5.74, 6) is -0.635. The number of aromatic nitrogens is 1. The Morgan fingerprint density at radius 1 is 1.26 bits per heavy atom. The van der Waals surface area contributed by atoms with Gasteiger partial charge >= 0.3 is 5.97 Å². The molecule has 12 heteroatoms. The Bertz CT molecular complexity index is 1230. The Morgan fingerprint density at radius 2 is 2.00 bits per heavy atom. The largest absolute Gasteiger partial charge is 0.463 e. The van der Waals surface area contributed by atoms with E-state index in [0.29, 0.717) is 25.1 Å². The number of nitrogens with one attached hydrogen (secondary N) is 2. The summed E-state index contributed by atoms with van der Waals surface area (Å²) in [6.07, 6.45) is 8.65. The molecule has 0 saturated carbocycles. The number of rotatable bonds is 16. The SMILES string of the molecule is CC(=CC(=O)OCCCCCCCC(=O)Nc1c2sscc-2[nH]c1=O)CC1CC(O)C(O)(CC=CC(C)C(C)O)CO1. The molecule has 10 nitrogen and oxygen atoms in total. The Kier molecular flexibility index (Phi) is 13.4. The lowest BCUT2D eigenvalue weighted by Gasteiger charge is -2.40. The molecule has 3 aliphatic rings. The van der Waals surface area contributed by atoms with Gasteiger partial charge in [0.25, 0.3) is 5.56 Å². The van der Waals surface area contributed by atoms with Crippen LogP contribution >= 0.6 is 20.7 Å². The van der Waals surface area contributed by atoms with Gasteiger partial charge in [-0.15, -0.1) is 0 Å². The van der Waals surface area contributed by atoms with Crippen LogP contribution in [0.5, 0.6) is 0 Å². The van der Waals surface area contributed by atoms with Crippen molar-refractivity contribution in [2.24, 2.45) is 5.92 Å². The molecule has 1 fully saturated rings. The smallest absolute Gasteiger partial charge is 0.330 e. The quantitative estimate of drug-likeness (QED) is 0.0596. The van der Waals surface area contributed by atoms with Crippen LogP contribution in [0.3, 0.4) is 0 Å². The molecule has 0 bridgehead atoms. The van der Waals surface area contributed by atoms with Crippen LogP contribution in [0.15, 0.2) is 34.0 Å². The molecule has 1 saturated heterocycles. The second kappa shape index (κ2) is 16.5. The molecule has 0 aromatic rings. The highest BCUT2D eigenvalue weighted by molar-refractivity contribution is 7.70. The zero-order valence-corrected chi connectivity index (χ0v) is 26.2. The minimum absolute atomic E-state index is 0.0123. The number of hydrogen-bond donors (Lipinski definition) is 5. The molecule has 0 spiro atoms. The van der Waals surface area contributed by atoms with E-state index in [9.17, 15) is 29.7 Å². The monoisotopic (exact) mass is 624 g/mol. The van der Waals surface area contributed by atoms with E-state index in [1.54, 1.807) is 13.0 Å². The van der Waals surface area contributed by atoms with Gasteiger partial charge in [-0.1, -0.05) is 64.6 Å². The van der Waals surface area contributed by atoms with Crippen molar-refractivity contribution in [1.29, 1.82) is 0 Å². The number of ether oxygens (including phenoxy) is 2. The maximum Gasteiger partial charge on any atom is 0.330 e. The number of aromatic amines is 1. The number of aliphatic hydroxyl groups excluding tert-OH is 2. The van der Waals surface area contributed by atoms with Gasteiger partial charge < -0.3 is 35.1 Å². The molecule has 42 heavy (non-hydrogen) atoms. The highest BCUT2D eigenvalue weighted by Gasteiger charge is 2.41. The molecular weight excluding hydrogens is 580 g/mol. The summed E-state index contributed by atoms with van der Waals surface area (Å²) in [6.45, 7) is 5.69. The molecule has 1 amide bonds. The molecule has 5 atom stereocenters. The van der Waals surface area contributed by atoms with Crippen LogP contribution in [0.4, 0.5) is 5.69 Å². The Morgan fingerprint density at radius 3 is 2.74 bits per heavy atom. The van der Waals surface area contributed by atoms with Crippen molar-refractivity contribution in [2.45, 2.75) is 102 Å². The zero-order valence-electron chi connectivity index (χ0n) is 24.6. The molecule has 0 aliphatic carbocycles. The van der Waals surface area contributed by atoms with Crippen LogP contribution in [0, 0.1) is 5.92 Å². The van der Waals surface area contributed by atoms with Crippen LogP contribution in [0.25, 0.3) is 10.6 Å². The average molecular weight is 625 g/mol. The number of anilines is 1. The first kappa shape index (κ1) is 34.1. The summed E-state index contributed by atoms with van der Waals surface area (Å²) in [7, 11) is 2.97. The summed E-state index contributed by atoms with van der Waals surface area (Å²) in [4.78, 5) is 39.9. The zero-order chi connectivity index (χ0) is 30.7. The Hall–Kier alpha value is -2.35. The third-order valence-corrected chi connectivity index (χ3v) is 9.66. The minimum Gasteiger partial charge on any atom is -0.463 e. The summed E-state index contributed by atoms with van der Waals surface area (Å²) in [5, 5.41) is 35.5. The molecule has 0 aromatic carbocycles. The molecule has 5 N–H and O–H groups in total. The molecular formula is C30H44N2O8S2. The van der Waals surface area contributed by atoms with Gasteiger partial charge in [-0.3, -0.25) is 9.59 Å². The number of hydrogen-bond acceptors (Lipinski definition) is 10. The number of unbranched alkanes of at least 4 members (excludes halogenated alkanes) is 4. The molecule has 3 aliphatic heterocycles. The van der Waals surface area contributed by atoms with Crippen LogP contribution in [-0.2, 0) is 19.1 Å². The van der Waals surface area contributed by atoms with E-state index in [1.165, 1.54) is 26.8 Å². The lowest BCUT2D eigenvalue weighted by Crippen LogP contribution is -2.52. The van der Waals surface area contributed by atoms with Gasteiger partial charge in [0.05, 0.1) is 42.1 Å². The third kappa shape index (κ3) is 10.4. The van der Waals surface area contributed by atoms with Gasteiger partial charge in [-0.2, -0.15) is 0 Å². The van der Waals surface area contributed by atoms with Crippen molar-refractivity contribution in [3.8, 4) is 10.6 Å². The predicted molar refractivity (Wildman–Crippen MR) is 165 cm³/mol. The number of carbonyl (C=O) groups is 2. The fourth-order valence-electron chi connectivity index (χ4n) is 4.72. The number of esters is 1. The van der Waals surface area contributed by atoms with Gasteiger partial charge in [-0.25, -0.2) is 4.79 Å². The number of fused-ring (bicyclic) bond motifs is 1. The maximum atomic E-state index is 12.2. The van der Waals surface area contributed by atoms with Crippen molar-refractivity contribution < 1.29 is 34.4 Å². The van der Waals surface area contributed by atoms with E-state index >= 15 is 0 Å². The molecule has 3 rings (SSSR count). The van der Waals surface area contributed by atoms with E-state index in [-0.39, 0.29) is 42.9 Å². The van der Waals surface area contributed by atoms with E-state index < -0.39 is 23.8 Å². The fraction of sp³-hybridized carbons (Fsp3) is 0.633. The average Bonchev–Trinajstić information content (AvgIpc) is 3.49. The van der Waals surface area contributed by atoms with Gasteiger partial charge in [0.2, 0.25) is 5.91 Å². The molecule has 0 aromatic heterocycles. The first-order valence-electron chi connectivity index (χ1n) is 14.6. The number of amides is 1. The second-order valence-electron chi connectivity index (χ2n) is 11.3. The van der Waals surface area contributed by atoms with Crippen molar-refractivity contribution in [3.05, 3.63) is 39.5 Å². The van der Waals surface area contributed by atoms with Crippen LogP contribution in [0.2, 0.25) is 0 Å². The van der Waals surface area contributed by atoms with Crippen molar-refractivity contribution in [1.82, 2.24) is 4.98 Å². The molecule has 5 unspecified atom stereocenters. The first-order chi connectivity index (χ1) is 20.0. The standard InChI is InChI=1S/C30H44N2O8S2/c1-19(14-22-16-24(34)30(38,18-40-22)12-9-10-20(2)21(3)33)15-26(36)39-13-8-6-4-5-7-11-25(35)32-27-28-23(17-41-42-28)31-29(27)37/h9-10,15,17,20-22,24,33-34,38H,4-8,11-14,16,18H2,1-3H3,(H,31,37)(H,32,35). The van der Waals surface area contributed by atoms with Crippen LogP contribution < -0.4 is 10.9 Å². The van der Waals surface area contributed by atoms with Gasteiger partial charge in [0, 0.05) is 24.3 Å². The highest BCUT2D eigenvalue weighted by atomic mass is 32.9. The summed E-state index contributed by atoms with van der Waals surface area (Å²) in [5.41, 5.74) is 0.224. The molecule has 0 radical (unpaired) electrons. The fourth-order valence-corrected chi connectivity index (χ4v) is 6.88. The van der Waals surface area contributed by atoms with E-state index in [2.05, 4.69) is 10.3 Å². The first-order valence-corrected chi connectivity index (χ1v) is 16.8. The predicted octanol–water partition coefficient (Wildman–Crippen LogP) is 4.61. The number of aliphatic hydroxyl groups is 3. The van der Waals surface area contributed by atoms with Crippen molar-refractivity contribution in [3.63, 3.8) is 0 Å². The lowest BCUT2D eigenvalue weighted by atomic mass is 9.85. The van der Waals surface area contributed by atoms with Crippen molar-refractivity contribution >= 4 is 38.2 Å². The van der Waals surface area contributed by atoms with E-state index in [1.807, 2.05) is 25.3 Å². The summed E-state index contributed by atoms with van der Waals surface area (Å²) < 4.78 is 11.1. The molecule has 234 valence electrons. The van der Waals surface area contributed by atoms with Gasteiger partial charge in [0.1, 0.15) is 11.3 Å². The van der Waals surface area contributed by atoms with Gasteiger partial charge in [-0.05, 0) is 45.4 Å². The molecule has 3 heterocycles. The van der Waals surface area contributed by atoms with Crippen LogP contribution in [-0.4, -0.2) is 69.3 Å². The maximum absolute atomic E-state index is 12.2. The lowest BCUT2D eigenvalue weighted by molar-refractivity contribution is -0.181. The topological polar surface area (TPSA) is 158 Å². The van der Waals surface area contributed by atoms with E-state index in [4.69, 9.17) is 9.47 Å². The van der Waals surface area contributed by atoms with Gasteiger partial charge in [0.15, 0.2) is 0 Å². The Balaban J connectivity index is 1.24. The minimum atomic E-state index is -1.38. The third-order valence-electron chi connectivity index (χ3n) is 7.56. The highest BCUT2D eigenvalue weighted by Crippen LogP contribution is 2.35. The normalized spacial score (nSPS) is 22.9. The Labute approximate surface area is 254 Å². The van der Waals surface area contributed by atoms with Crippen LogP contribution in [0.1, 0.15) is 78.6 Å². The number of H-pyrrole nitrogens is 1.